The fraction of sp³-hybridized carbons (Fsp3) is 0.474. The SMILES string of the molecule is CNCC1(O)CCN(c2c(F)cc3c(=O)c(OC(=O)O)cn(C4CC4)c3c2F)C1. The number of benzene rings is 1. The maximum absolute atomic E-state index is 15.5. The lowest BCUT2D eigenvalue weighted by atomic mass is 10.0. The topological polar surface area (TPSA) is 104 Å². The Balaban J connectivity index is 1.88. The van der Waals surface area contributed by atoms with Crippen molar-refractivity contribution in [3.05, 3.63) is 34.1 Å². The summed E-state index contributed by atoms with van der Waals surface area (Å²) >= 11 is 0. The minimum Gasteiger partial charge on any atom is -0.449 e. The van der Waals surface area contributed by atoms with Crippen LogP contribution in [0.1, 0.15) is 25.3 Å². The number of carbonyl (C=O) groups is 1. The van der Waals surface area contributed by atoms with E-state index in [1.807, 2.05) is 0 Å². The number of hydrogen-bond acceptors (Lipinski definition) is 6. The summed E-state index contributed by atoms with van der Waals surface area (Å²) in [5.74, 6) is -2.34. The first-order valence-electron chi connectivity index (χ1n) is 9.33. The number of rotatable bonds is 5. The second kappa shape index (κ2) is 6.96. The Hall–Kier alpha value is -2.72. The molecule has 1 unspecified atom stereocenters. The van der Waals surface area contributed by atoms with E-state index in [0.717, 1.165) is 18.9 Å². The quantitative estimate of drug-likeness (QED) is 0.648. The molecule has 0 amide bonds. The van der Waals surface area contributed by atoms with Crippen molar-refractivity contribution in [1.82, 2.24) is 9.88 Å². The van der Waals surface area contributed by atoms with E-state index in [0.29, 0.717) is 6.42 Å². The van der Waals surface area contributed by atoms with Gasteiger partial charge in [0.25, 0.3) is 0 Å². The average molecular weight is 409 g/mol. The molecule has 1 aliphatic heterocycles. The zero-order valence-electron chi connectivity index (χ0n) is 15.7. The summed E-state index contributed by atoms with van der Waals surface area (Å²) in [5, 5.41) is 22.0. The molecular formula is C19H21F2N3O5. The summed E-state index contributed by atoms with van der Waals surface area (Å²) in [7, 11) is 1.68. The van der Waals surface area contributed by atoms with Gasteiger partial charge in [0.1, 0.15) is 11.5 Å². The number of nitrogens with one attached hydrogen (secondary N) is 1. The van der Waals surface area contributed by atoms with Crippen LogP contribution in [0.15, 0.2) is 17.1 Å². The number of aromatic nitrogens is 1. The van der Waals surface area contributed by atoms with Gasteiger partial charge < -0.3 is 29.7 Å². The molecule has 29 heavy (non-hydrogen) atoms. The van der Waals surface area contributed by atoms with Crippen molar-refractivity contribution in [3.63, 3.8) is 0 Å². The van der Waals surface area contributed by atoms with Crippen molar-refractivity contribution in [2.24, 2.45) is 0 Å². The van der Waals surface area contributed by atoms with Gasteiger partial charge in [0, 0.05) is 25.7 Å². The number of pyridine rings is 1. The van der Waals surface area contributed by atoms with Gasteiger partial charge in [-0.25, -0.2) is 13.6 Å². The molecule has 156 valence electrons. The molecule has 3 N–H and O–H groups in total. The lowest BCUT2D eigenvalue weighted by molar-refractivity contribution is 0.0651. The minimum atomic E-state index is -1.68. The van der Waals surface area contributed by atoms with Crippen molar-refractivity contribution >= 4 is 22.7 Å². The highest BCUT2D eigenvalue weighted by Gasteiger charge is 2.38. The number of halogens is 2. The Morgan fingerprint density at radius 1 is 1.41 bits per heavy atom. The van der Waals surface area contributed by atoms with E-state index >= 15 is 4.39 Å². The number of anilines is 1. The highest BCUT2D eigenvalue weighted by molar-refractivity contribution is 5.86. The van der Waals surface area contributed by atoms with Crippen molar-refractivity contribution in [2.45, 2.75) is 30.9 Å². The number of carboxylic acid groups (broad SMARTS) is 1. The Morgan fingerprint density at radius 3 is 2.76 bits per heavy atom. The predicted molar refractivity (Wildman–Crippen MR) is 101 cm³/mol. The molecule has 1 aromatic heterocycles. The summed E-state index contributed by atoms with van der Waals surface area (Å²) in [5.41, 5.74) is -2.39. The van der Waals surface area contributed by atoms with Gasteiger partial charge in [-0.2, -0.15) is 0 Å². The van der Waals surface area contributed by atoms with E-state index in [2.05, 4.69) is 10.1 Å². The van der Waals surface area contributed by atoms with E-state index in [9.17, 15) is 19.1 Å². The van der Waals surface area contributed by atoms with Crippen LogP contribution in [0.25, 0.3) is 10.9 Å². The molecule has 0 bridgehead atoms. The molecule has 0 radical (unpaired) electrons. The molecule has 1 saturated heterocycles. The molecule has 8 nitrogen and oxygen atoms in total. The maximum atomic E-state index is 15.5. The number of likely N-dealkylation sites (N-methyl/N-ethyl adjacent to an activating group) is 1. The van der Waals surface area contributed by atoms with Gasteiger partial charge in [0.05, 0.1) is 22.7 Å². The van der Waals surface area contributed by atoms with Crippen molar-refractivity contribution in [2.75, 3.05) is 31.6 Å². The summed E-state index contributed by atoms with van der Waals surface area (Å²) in [6.45, 7) is 0.579. The van der Waals surface area contributed by atoms with Crippen LogP contribution < -0.4 is 20.4 Å². The Kier molecular flexibility index (Phi) is 4.70. The summed E-state index contributed by atoms with van der Waals surface area (Å²) in [4.78, 5) is 24.9. The fourth-order valence-corrected chi connectivity index (χ4v) is 4.02. The average Bonchev–Trinajstić information content (AvgIpc) is 3.41. The Labute approximate surface area is 164 Å². The first-order valence-corrected chi connectivity index (χ1v) is 9.33. The number of β-amino-alcohol motifs (C(OH)–C–C–N with tert-alkyl or cyclic N) is 1. The van der Waals surface area contributed by atoms with Gasteiger partial charge in [0.15, 0.2) is 11.6 Å². The molecule has 2 fully saturated rings. The molecule has 4 rings (SSSR count). The second-order valence-electron chi connectivity index (χ2n) is 7.67. The van der Waals surface area contributed by atoms with Gasteiger partial charge in [-0.15, -0.1) is 0 Å². The highest BCUT2D eigenvalue weighted by Crippen LogP contribution is 2.41. The minimum absolute atomic E-state index is 0.0427. The van der Waals surface area contributed by atoms with E-state index in [4.69, 9.17) is 5.11 Å². The Bertz CT molecular complexity index is 1050. The van der Waals surface area contributed by atoms with E-state index in [-0.39, 0.29) is 42.3 Å². The van der Waals surface area contributed by atoms with Crippen LogP contribution in [0.2, 0.25) is 0 Å². The van der Waals surface area contributed by atoms with Gasteiger partial charge >= 0.3 is 6.16 Å². The second-order valence-corrected chi connectivity index (χ2v) is 7.67. The van der Waals surface area contributed by atoms with Crippen LogP contribution in [-0.4, -0.2) is 53.2 Å². The third-order valence-electron chi connectivity index (χ3n) is 5.44. The fourth-order valence-electron chi connectivity index (χ4n) is 4.02. The number of aliphatic hydroxyl groups is 1. The molecule has 1 atom stereocenters. The Morgan fingerprint density at radius 2 is 2.14 bits per heavy atom. The first kappa shape index (κ1) is 19.6. The van der Waals surface area contributed by atoms with E-state index in [1.165, 1.54) is 15.7 Å². The molecule has 2 heterocycles. The third-order valence-corrected chi connectivity index (χ3v) is 5.44. The number of hydrogen-bond donors (Lipinski definition) is 3. The van der Waals surface area contributed by atoms with Crippen LogP contribution in [0, 0.1) is 11.6 Å². The smallest absolute Gasteiger partial charge is 0.449 e. The third kappa shape index (κ3) is 3.42. The molecule has 2 aliphatic rings. The largest absolute Gasteiger partial charge is 0.511 e. The molecule has 10 heteroatoms. The summed E-state index contributed by atoms with van der Waals surface area (Å²) in [6, 6.07) is 0.793. The molecular weight excluding hydrogens is 388 g/mol. The van der Waals surface area contributed by atoms with E-state index in [1.54, 1.807) is 7.05 Å². The van der Waals surface area contributed by atoms with Crippen LogP contribution >= 0.6 is 0 Å². The zero-order valence-corrected chi connectivity index (χ0v) is 15.7. The lowest BCUT2D eigenvalue weighted by Gasteiger charge is -2.25. The standard InChI is InChI=1S/C19H21F2N3O5/c1-22-8-19(28)4-5-23(9-19)16-12(20)6-11-15(14(16)21)24(10-2-3-10)7-13(17(11)25)29-18(26)27/h6-7,10,22,28H,2-5,8-9H2,1H3,(H,26,27). The van der Waals surface area contributed by atoms with Crippen LogP contribution in [0.3, 0.4) is 0 Å². The summed E-state index contributed by atoms with van der Waals surface area (Å²) < 4.78 is 36.4. The molecule has 1 saturated carbocycles. The van der Waals surface area contributed by atoms with Crippen LogP contribution in [-0.2, 0) is 0 Å². The van der Waals surface area contributed by atoms with Gasteiger partial charge in [-0.1, -0.05) is 0 Å². The maximum Gasteiger partial charge on any atom is 0.511 e. The molecule has 1 aliphatic carbocycles. The van der Waals surface area contributed by atoms with Crippen molar-refractivity contribution in [3.8, 4) is 5.75 Å². The summed E-state index contributed by atoms with van der Waals surface area (Å²) in [6.07, 6.45) is 1.28. The highest BCUT2D eigenvalue weighted by atomic mass is 19.1. The normalized spacial score (nSPS) is 21.7. The molecule has 2 aromatic rings. The van der Waals surface area contributed by atoms with Crippen LogP contribution in [0.4, 0.5) is 19.3 Å². The first-order chi connectivity index (χ1) is 13.7. The van der Waals surface area contributed by atoms with Crippen molar-refractivity contribution < 1.29 is 28.5 Å². The number of fused-ring (bicyclic) bond motifs is 1. The monoisotopic (exact) mass is 409 g/mol. The zero-order chi connectivity index (χ0) is 20.9. The molecule has 0 spiro atoms. The number of ether oxygens (including phenoxy) is 1. The van der Waals surface area contributed by atoms with Crippen LogP contribution in [0.5, 0.6) is 5.75 Å². The van der Waals surface area contributed by atoms with Gasteiger partial charge in [0.2, 0.25) is 5.43 Å². The lowest BCUT2D eigenvalue weighted by Crippen LogP contribution is -2.42. The van der Waals surface area contributed by atoms with E-state index < -0.39 is 34.6 Å². The van der Waals surface area contributed by atoms with Gasteiger partial charge in [-0.05, 0) is 32.4 Å². The molecule has 1 aromatic carbocycles. The van der Waals surface area contributed by atoms with Gasteiger partial charge in [-0.3, -0.25) is 4.79 Å². The number of nitrogens with zero attached hydrogens (tertiary/aromatic N) is 2. The predicted octanol–water partition coefficient (Wildman–Crippen LogP) is 1.83. The van der Waals surface area contributed by atoms with Crippen molar-refractivity contribution in [1.29, 1.82) is 0 Å².